The van der Waals surface area contributed by atoms with Gasteiger partial charge in [0.05, 0.1) is 0 Å². The topological polar surface area (TPSA) is 0 Å². The van der Waals surface area contributed by atoms with Gasteiger partial charge in [-0.15, -0.1) is 0 Å². The van der Waals surface area contributed by atoms with Gasteiger partial charge in [-0.05, 0) is 58.2 Å². The van der Waals surface area contributed by atoms with Crippen LogP contribution in [-0.2, 0) is 0 Å². The Kier molecular flexibility index (Phi) is 12.1. The van der Waals surface area contributed by atoms with Crippen molar-refractivity contribution in [3.8, 4) is 0 Å². The maximum Gasteiger partial charge on any atom is -0.0205 e. The molecule has 0 aliphatic heterocycles. The number of hydrogen-bond donors (Lipinski definition) is 0. The number of rotatable bonds is 8. The standard InChI is InChI=1S/2C13H28/c2*1-9(2)13(10(3)4,11(5)6)12(7)8/h2*9-12H,1-8H3. The number of hydrogen-bond acceptors (Lipinski definition) is 0. The van der Waals surface area contributed by atoms with E-state index in [0.29, 0.717) is 10.8 Å². The molecule has 0 atom stereocenters. The largest absolute Gasteiger partial charge is 0.0622 e. The molecule has 0 N–H and O–H groups in total. The fraction of sp³-hybridized carbons (Fsp3) is 1.00. The molecule has 0 aromatic heterocycles. The third-order valence-electron chi connectivity index (χ3n) is 8.00. The van der Waals surface area contributed by atoms with Crippen molar-refractivity contribution >= 4 is 0 Å². The molecule has 0 unspecified atom stereocenters. The minimum Gasteiger partial charge on any atom is -0.0622 e. The molecule has 0 heteroatoms. The summed E-state index contributed by atoms with van der Waals surface area (Å²) in [6.07, 6.45) is 0. The lowest BCUT2D eigenvalue weighted by atomic mass is 9.56. The molecule has 0 saturated carbocycles. The van der Waals surface area contributed by atoms with Crippen molar-refractivity contribution in [1.82, 2.24) is 0 Å². The first kappa shape index (κ1) is 28.2. The van der Waals surface area contributed by atoms with Crippen LogP contribution >= 0.6 is 0 Å². The summed E-state index contributed by atoms with van der Waals surface area (Å²) in [7, 11) is 0. The Morgan fingerprint density at radius 3 is 0.308 bits per heavy atom. The average molecular weight is 369 g/mol. The second-order valence-electron chi connectivity index (χ2n) is 11.2. The molecule has 0 aromatic rings. The highest BCUT2D eigenvalue weighted by Crippen LogP contribution is 2.49. The molecule has 0 bridgehead atoms. The van der Waals surface area contributed by atoms with E-state index in [9.17, 15) is 0 Å². The third kappa shape index (κ3) is 5.51. The summed E-state index contributed by atoms with van der Waals surface area (Å²) in [5, 5.41) is 0. The molecule has 0 spiro atoms. The van der Waals surface area contributed by atoms with Gasteiger partial charge in [-0.2, -0.15) is 0 Å². The zero-order chi connectivity index (χ0) is 21.6. The minimum atomic E-state index is 0.500. The van der Waals surface area contributed by atoms with Gasteiger partial charge >= 0.3 is 0 Å². The van der Waals surface area contributed by atoms with Crippen molar-refractivity contribution in [2.24, 2.45) is 58.2 Å². The van der Waals surface area contributed by atoms with Crippen molar-refractivity contribution < 1.29 is 0 Å². The van der Waals surface area contributed by atoms with Crippen LogP contribution in [0, 0.1) is 58.2 Å². The molecule has 0 nitrogen and oxygen atoms in total. The summed E-state index contributed by atoms with van der Waals surface area (Å²) in [5.74, 6) is 6.17. The maximum absolute atomic E-state index is 2.38. The van der Waals surface area contributed by atoms with Crippen LogP contribution in [0.2, 0.25) is 0 Å². The Labute approximate surface area is 169 Å². The Morgan fingerprint density at radius 2 is 0.308 bits per heavy atom. The van der Waals surface area contributed by atoms with Crippen molar-refractivity contribution in [3.63, 3.8) is 0 Å². The Hall–Kier alpha value is 0. The van der Waals surface area contributed by atoms with Gasteiger partial charge in [0.1, 0.15) is 0 Å². The van der Waals surface area contributed by atoms with Crippen LogP contribution < -0.4 is 0 Å². The molecule has 0 fully saturated rings. The fourth-order valence-electron chi connectivity index (χ4n) is 8.00. The third-order valence-corrected chi connectivity index (χ3v) is 8.00. The minimum absolute atomic E-state index is 0.500. The van der Waals surface area contributed by atoms with Crippen LogP contribution in [0.4, 0.5) is 0 Å². The van der Waals surface area contributed by atoms with Crippen LogP contribution in [-0.4, -0.2) is 0 Å². The Morgan fingerprint density at radius 1 is 0.231 bits per heavy atom. The molecular formula is C26H56. The van der Waals surface area contributed by atoms with E-state index in [1.54, 1.807) is 0 Å². The lowest BCUT2D eigenvalue weighted by Crippen LogP contribution is -2.43. The lowest BCUT2D eigenvalue weighted by molar-refractivity contribution is -0.00362. The summed E-state index contributed by atoms with van der Waals surface area (Å²) < 4.78 is 0. The van der Waals surface area contributed by atoms with E-state index in [1.807, 2.05) is 0 Å². The van der Waals surface area contributed by atoms with Crippen LogP contribution in [0.25, 0.3) is 0 Å². The van der Waals surface area contributed by atoms with Gasteiger partial charge in [-0.3, -0.25) is 0 Å². The predicted octanol–water partition coefficient (Wildman–Crippen LogP) is 9.19. The van der Waals surface area contributed by atoms with Crippen molar-refractivity contribution in [2.45, 2.75) is 111 Å². The van der Waals surface area contributed by atoms with Gasteiger partial charge in [-0.1, -0.05) is 111 Å². The van der Waals surface area contributed by atoms with Gasteiger partial charge in [0.25, 0.3) is 0 Å². The summed E-state index contributed by atoms with van der Waals surface area (Å²) in [4.78, 5) is 0. The van der Waals surface area contributed by atoms with Gasteiger partial charge in [0, 0.05) is 0 Å². The highest BCUT2D eigenvalue weighted by molar-refractivity contribution is 4.91. The molecule has 160 valence electrons. The summed E-state index contributed by atoms with van der Waals surface area (Å²) >= 11 is 0. The molecule has 0 rings (SSSR count). The Bertz CT molecular complexity index is 241. The zero-order valence-corrected chi connectivity index (χ0v) is 21.6. The Balaban J connectivity index is 0. The average Bonchev–Trinajstić information content (AvgIpc) is 2.35. The van der Waals surface area contributed by atoms with E-state index < -0.39 is 0 Å². The van der Waals surface area contributed by atoms with Crippen LogP contribution in [0.3, 0.4) is 0 Å². The molecule has 0 heterocycles. The van der Waals surface area contributed by atoms with Crippen LogP contribution in [0.5, 0.6) is 0 Å². The van der Waals surface area contributed by atoms with E-state index in [0.717, 1.165) is 47.3 Å². The summed E-state index contributed by atoms with van der Waals surface area (Å²) in [6, 6.07) is 0. The second-order valence-corrected chi connectivity index (χ2v) is 11.2. The highest BCUT2D eigenvalue weighted by Gasteiger charge is 2.43. The lowest BCUT2D eigenvalue weighted by Gasteiger charge is -2.49. The highest BCUT2D eigenvalue weighted by atomic mass is 14.5. The second kappa shape index (κ2) is 11.1. The van der Waals surface area contributed by atoms with E-state index >= 15 is 0 Å². The summed E-state index contributed by atoms with van der Waals surface area (Å²) in [6.45, 7) is 38.0. The monoisotopic (exact) mass is 368 g/mol. The van der Waals surface area contributed by atoms with Crippen molar-refractivity contribution in [2.75, 3.05) is 0 Å². The molecule has 0 saturated heterocycles. The SMILES string of the molecule is CC(C)C(C(C)C)(C(C)C)C(C)C.CC(C)C(C(C)C)(C(C)C)C(C)C. The van der Waals surface area contributed by atoms with E-state index in [1.165, 1.54) is 0 Å². The normalized spacial score (nSPS) is 13.8. The molecule has 0 radical (unpaired) electrons. The van der Waals surface area contributed by atoms with E-state index in [4.69, 9.17) is 0 Å². The molecule has 0 amide bonds. The molecule has 0 aliphatic carbocycles. The summed E-state index contributed by atoms with van der Waals surface area (Å²) in [5.41, 5.74) is 1.00. The van der Waals surface area contributed by atoms with E-state index in [2.05, 4.69) is 111 Å². The zero-order valence-electron chi connectivity index (χ0n) is 21.6. The quantitative estimate of drug-likeness (QED) is 0.400. The van der Waals surface area contributed by atoms with Gasteiger partial charge in [-0.25, -0.2) is 0 Å². The maximum atomic E-state index is 2.38. The van der Waals surface area contributed by atoms with Gasteiger partial charge in [0.2, 0.25) is 0 Å². The first-order valence-corrected chi connectivity index (χ1v) is 11.5. The van der Waals surface area contributed by atoms with Crippen LogP contribution in [0.15, 0.2) is 0 Å². The smallest absolute Gasteiger partial charge is 0.0205 e. The fourth-order valence-corrected chi connectivity index (χ4v) is 8.00. The first-order chi connectivity index (χ1) is 11.5. The molecule has 0 aromatic carbocycles. The molecular weight excluding hydrogens is 312 g/mol. The molecule has 0 aliphatic rings. The van der Waals surface area contributed by atoms with Gasteiger partial charge < -0.3 is 0 Å². The van der Waals surface area contributed by atoms with Crippen molar-refractivity contribution in [1.29, 1.82) is 0 Å². The molecule has 26 heavy (non-hydrogen) atoms. The van der Waals surface area contributed by atoms with E-state index in [-0.39, 0.29) is 0 Å². The first-order valence-electron chi connectivity index (χ1n) is 11.5. The van der Waals surface area contributed by atoms with Gasteiger partial charge in [0.15, 0.2) is 0 Å². The predicted molar refractivity (Wildman–Crippen MR) is 124 cm³/mol. The van der Waals surface area contributed by atoms with Crippen LogP contribution in [0.1, 0.15) is 111 Å². The van der Waals surface area contributed by atoms with Crippen molar-refractivity contribution in [3.05, 3.63) is 0 Å².